The van der Waals surface area contributed by atoms with Crippen LogP contribution in [0.1, 0.15) is 106 Å². The molecule has 0 radical (unpaired) electrons. The lowest BCUT2D eigenvalue weighted by molar-refractivity contribution is -0.150. The molecule has 0 saturated carbocycles. The third-order valence-electron chi connectivity index (χ3n) is 5.24. The number of ether oxygens (including phenoxy) is 2. The van der Waals surface area contributed by atoms with Gasteiger partial charge < -0.3 is 9.47 Å². The van der Waals surface area contributed by atoms with E-state index >= 15 is 0 Å². The van der Waals surface area contributed by atoms with Crippen LogP contribution in [0, 0.1) is 23.7 Å². The van der Waals surface area contributed by atoms with Crippen LogP contribution in [0.15, 0.2) is 0 Å². The van der Waals surface area contributed by atoms with Crippen molar-refractivity contribution < 1.29 is 19.1 Å². The highest BCUT2D eigenvalue weighted by molar-refractivity contribution is 5.77. The van der Waals surface area contributed by atoms with E-state index in [2.05, 4.69) is 41.5 Å². The third-order valence-corrected chi connectivity index (χ3v) is 5.24. The number of hydrogen-bond acceptors (Lipinski definition) is 4. The lowest BCUT2D eigenvalue weighted by atomic mass is 9.98. The molecule has 4 heteroatoms. The minimum atomic E-state index is -0.298. The first-order chi connectivity index (χ1) is 13.2. The molecular weight excluding hydrogens is 352 g/mol. The van der Waals surface area contributed by atoms with Crippen LogP contribution in [0.25, 0.3) is 0 Å². The van der Waals surface area contributed by atoms with Crippen molar-refractivity contribution in [2.24, 2.45) is 23.7 Å². The predicted octanol–water partition coefficient (Wildman–Crippen LogP) is 6.56. The van der Waals surface area contributed by atoms with Gasteiger partial charge in [-0.2, -0.15) is 0 Å². The SMILES string of the molecule is CC(C)CCCC(C)CCOC(=O)CCC(=O)OCCC(C)CCCC(C)C. The minimum Gasteiger partial charge on any atom is -0.466 e. The average Bonchev–Trinajstić information content (AvgIpc) is 2.59. The Labute approximate surface area is 174 Å². The van der Waals surface area contributed by atoms with Gasteiger partial charge in [-0.3, -0.25) is 9.59 Å². The maximum Gasteiger partial charge on any atom is 0.306 e. The van der Waals surface area contributed by atoms with E-state index in [4.69, 9.17) is 9.47 Å². The second-order valence-corrected chi connectivity index (χ2v) is 9.38. The molecule has 0 bridgehead atoms. The topological polar surface area (TPSA) is 52.6 Å². The van der Waals surface area contributed by atoms with Gasteiger partial charge in [0.2, 0.25) is 0 Å². The first-order valence-electron chi connectivity index (χ1n) is 11.5. The highest BCUT2D eigenvalue weighted by Gasteiger charge is 2.11. The van der Waals surface area contributed by atoms with E-state index in [1.54, 1.807) is 0 Å². The van der Waals surface area contributed by atoms with E-state index in [1.807, 2.05) is 0 Å². The normalized spacial score (nSPS) is 13.6. The summed E-state index contributed by atoms with van der Waals surface area (Å²) >= 11 is 0. The van der Waals surface area contributed by atoms with Crippen LogP contribution < -0.4 is 0 Å². The fourth-order valence-corrected chi connectivity index (χ4v) is 3.13. The summed E-state index contributed by atoms with van der Waals surface area (Å²) in [6, 6.07) is 0. The monoisotopic (exact) mass is 398 g/mol. The minimum absolute atomic E-state index is 0.116. The van der Waals surface area contributed by atoms with Crippen molar-refractivity contribution in [1.82, 2.24) is 0 Å². The number of rotatable bonds is 17. The van der Waals surface area contributed by atoms with Crippen LogP contribution in [0.4, 0.5) is 0 Å². The highest BCUT2D eigenvalue weighted by atomic mass is 16.5. The van der Waals surface area contributed by atoms with Crippen molar-refractivity contribution in [2.45, 2.75) is 106 Å². The van der Waals surface area contributed by atoms with E-state index < -0.39 is 0 Å². The molecule has 0 amide bonds. The van der Waals surface area contributed by atoms with Crippen molar-refractivity contribution in [2.75, 3.05) is 13.2 Å². The number of carbonyl (C=O) groups is 2. The fourth-order valence-electron chi connectivity index (χ4n) is 3.13. The molecule has 0 aromatic rings. The first kappa shape index (κ1) is 26.9. The summed E-state index contributed by atoms with van der Waals surface area (Å²) in [5.74, 6) is 2.04. The highest BCUT2D eigenvalue weighted by Crippen LogP contribution is 2.16. The van der Waals surface area contributed by atoms with Gasteiger partial charge in [0.15, 0.2) is 0 Å². The summed E-state index contributed by atoms with van der Waals surface area (Å²) < 4.78 is 10.5. The zero-order chi connectivity index (χ0) is 21.4. The van der Waals surface area contributed by atoms with Crippen molar-refractivity contribution >= 4 is 11.9 Å². The molecule has 0 N–H and O–H groups in total. The van der Waals surface area contributed by atoms with Crippen LogP contribution in [0.5, 0.6) is 0 Å². The lowest BCUT2D eigenvalue weighted by Crippen LogP contribution is -2.13. The van der Waals surface area contributed by atoms with Gasteiger partial charge in [-0.25, -0.2) is 0 Å². The van der Waals surface area contributed by atoms with Crippen molar-refractivity contribution in [3.8, 4) is 0 Å². The maximum absolute atomic E-state index is 11.8. The molecule has 2 unspecified atom stereocenters. The zero-order valence-electron chi connectivity index (χ0n) is 19.4. The van der Waals surface area contributed by atoms with Gasteiger partial charge in [0.25, 0.3) is 0 Å². The van der Waals surface area contributed by atoms with E-state index in [9.17, 15) is 9.59 Å². The van der Waals surface area contributed by atoms with Gasteiger partial charge in [-0.1, -0.05) is 80.1 Å². The molecule has 0 aliphatic rings. The average molecular weight is 399 g/mol. The fraction of sp³-hybridized carbons (Fsp3) is 0.917. The standard InChI is InChI=1S/C24H46O4/c1-19(2)9-7-11-21(5)15-17-27-23(25)13-14-24(26)28-18-16-22(6)12-8-10-20(3)4/h19-22H,7-18H2,1-6H3. The van der Waals surface area contributed by atoms with Crippen molar-refractivity contribution in [1.29, 1.82) is 0 Å². The van der Waals surface area contributed by atoms with E-state index in [0.717, 1.165) is 24.7 Å². The molecule has 0 aromatic heterocycles. The third kappa shape index (κ3) is 18.3. The first-order valence-corrected chi connectivity index (χ1v) is 11.5. The number of carbonyl (C=O) groups excluding carboxylic acids is 2. The Bertz CT molecular complexity index is 365. The summed E-state index contributed by atoms with van der Waals surface area (Å²) in [5, 5.41) is 0. The summed E-state index contributed by atoms with van der Waals surface area (Å²) in [7, 11) is 0. The predicted molar refractivity (Wildman–Crippen MR) is 116 cm³/mol. The Balaban J connectivity index is 3.63. The van der Waals surface area contributed by atoms with E-state index in [1.165, 1.54) is 38.5 Å². The molecule has 0 saturated heterocycles. The van der Waals surface area contributed by atoms with Crippen LogP contribution >= 0.6 is 0 Å². The van der Waals surface area contributed by atoms with Gasteiger partial charge in [0, 0.05) is 0 Å². The number of hydrogen-bond donors (Lipinski definition) is 0. The summed E-state index contributed by atoms with van der Waals surface area (Å²) in [5.41, 5.74) is 0. The van der Waals surface area contributed by atoms with Gasteiger partial charge in [-0.05, 0) is 36.5 Å². The van der Waals surface area contributed by atoms with Gasteiger partial charge in [0.1, 0.15) is 0 Å². The second-order valence-electron chi connectivity index (χ2n) is 9.38. The van der Waals surface area contributed by atoms with Crippen LogP contribution in [0.2, 0.25) is 0 Å². The van der Waals surface area contributed by atoms with Gasteiger partial charge in [0.05, 0.1) is 26.1 Å². The maximum atomic E-state index is 11.8. The Morgan fingerprint density at radius 1 is 0.571 bits per heavy atom. The Morgan fingerprint density at radius 2 is 0.929 bits per heavy atom. The second kappa shape index (κ2) is 16.9. The lowest BCUT2D eigenvalue weighted by Gasteiger charge is -2.13. The summed E-state index contributed by atoms with van der Waals surface area (Å²) in [4.78, 5) is 23.5. The molecule has 0 spiro atoms. The van der Waals surface area contributed by atoms with Crippen molar-refractivity contribution in [3.05, 3.63) is 0 Å². The van der Waals surface area contributed by atoms with Crippen LogP contribution in [0.3, 0.4) is 0 Å². The van der Waals surface area contributed by atoms with Crippen LogP contribution in [-0.2, 0) is 19.1 Å². The van der Waals surface area contributed by atoms with Gasteiger partial charge in [-0.15, -0.1) is 0 Å². The number of esters is 2. The molecule has 0 aliphatic heterocycles. The molecule has 0 aliphatic carbocycles. The molecule has 28 heavy (non-hydrogen) atoms. The summed E-state index contributed by atoms with van der Waals surface area (Å²) in [6.07, 6.45) is 9.34. The molecule has 0 rings (SSSR count). The molecule has 4 nitrogen and oxygen atoms in total. The van der Waals surface area contributed by atoms with Crippen molar-refractivity contribution in [3.63, 3.8) is 0 Å². The van der Waals surface area contributed by atoms with E-state index in [-0.39, 0.29) is 24.8 Å². The molecule has 0 heterocycles. The smallest absolute Gasteiger partial charge is 0.306 e. The Hall–Kier alpha value is -1.06. The molecule has 0 fully saturated rings. The van der Waals surface area contributed by atoms with Crippen LogP contribution in [-0.4, -0.2) is 25.2 Å². The Morgan fingerprint density at radius 3 is 1.25 bits per heavy atom. The molecular formula is C24H46O4. The zero-order valence-corrected chi connectivity index (χ0v) is 19.4. The molecule has 2 atom stereocenters. The summed E-state index contributed by atoms with van der Waals surface area (Å²) in [6.45, 7) is 14.3. The van der Waals surface area contributed by atoms with Gasteiger partial charge >= 0.3 is 11.9 Å². The molecule has 166 valence electrons. The Kier molecular flexibility index (Phi) is 16.2. The van der Waals surface area contributed by atoms with E-state index in [0.29, 0.717) is 25.0 Å². The quantitative estimate of drug-likeness (QED) is 0.260. The largest absolute Gasteiger partial charge is 0.466 e. The molecule has 0 aromatic carbocycles.